The van der Waals surface area contributed by atoms with Crippen molar-refractivity contribution in [3.8, 4) is 0 Å². The highest BCUT2D eigenvalue weighted by Crippen LogP contribution is 2.28. The van der Waals surface area contributed by atoms with Crippen LogP contribution in [-0.4, -0.2) is 0 Å². The van der Waals surface area contributed by atoms with Crippen LogP contribution in [0.4, 0.5) is 0 Å². The lowest BCUT2D eigenvalue weighted by molar-refractivity contribution is 0.514. The molecular weight excluding hydrogens is 205 g/mol. The molecular formula is C10H13Cl2N. The van der Waals surface area contributed by atoms with Crippen LogP contribution in [0.3, 0.4) is 0 Å². The molecule has 0 saturated heterocycles. The SMILES string of the molecule is CC(C)C(N)c1cc(Cl)ccc1Cl. The molecule has 2 N–H and O–H groups in total. The topological polar surface area (TPSA) is 26.0 Å². The highest BCUT2D eigenvalue weighted by Gasteiger charge is 2.13. The summed E-state index contributed by atoms with van der Waals surface area (Å²) in [6.45, 7) is 4.11. The Kier molecular flexibility index (Phi) is 3.60. The summed E-state index contributed by atoms with van der Waals surface area (Å²) in [5.41, 5.74) is 6.88. The number of nitrogens with two attached hydrogens (primary N) is 1. The molecule has 1 atom stereocenters. The fourth-order valence-electron chi connectivity index (χ4n) is 1.13. The predicted molar refractivity (Wildman–Crippen MR) is 58.2 cm³/mol. The van der Waals surface area contributed by atoms with Crippen molar-refractivity contribution in [2.45, 2.75) is 19.9 Å². The molecule has 0 amide bonds. The van der Waals surface area contributed by atoms with E-state index in [4.69, 9.17) is 28.9 Å². The van der Waals surface area contributed by atoms with E-state index in [0.29, 0.717) is 16.0 Å². The fourth-order valence-corrected chi connectivity index (χ4v) is 1.55. The number of halogens is 2. The van der Waals surface area contributed by atoms with Crippen LogP contribution in [0.2, 0.25) is 10.0 Å². The molecule has 72 valence electrons. The molecule has 0 aliphatic heterocycles. The van der Waals surface area contributed by atoms with Crippen molar-refractivity contribution in [2.24, 2.45) is 11.7 Å². The fraction of sp³-hybridized carbons (Fsp3) is 0.400. The minimum absolute atomic E-state index is 0.0498. The zero-order chi connectivity index (χ0) is 10.0. The van der Waals surface area contributed by atoms with Crippen LogP contribution in [0.25, 0.3) is 0 Å². The lowest BCUT2D eigenvalue weighted by Crippen LogP contribution is -2.17. The van der Waals surface area contributed by atoms with Crippen molar-refractivity contribution < 1.29 is 0 Å². The quantitative estimate of drug-likeness (QED) is 0.805. The molecule has 0 aliphatic carbocycles. The van der Waals surface area contributed by atoms with Gasteiger partial charge in [-0.3, -0.25) is 0 Å². The minimum atomic E-state index is -0.0498. The molecule has 0 aliphatic rings. The largest absolute Gasteiger partial charge is 0.324 e. The molecule has 0 spiro atoms. The maximum atomic E-state index is 6.00. The number of benzene rings is 1. The van der Waals surface area contributed by atoms with E-state index in [1.807, 2.05) is 6.07 Å². The second kappa shape index (κ2) is 4.32. The van der Waals surface area contributed by atoms with Gasteiger partial charge in [0.05, 0.1) is 0 Å². The van der Waals surface area contributed by atoms with Gasteiger partial charge < -0.3 is 5.73 Å². The summed E-state index contributed by atoms with van der Waals surface area (Å²) in [7, 11) is 0. The second-order valence-corrected chi connectivity index (χ2v) is 4.28. The van der Waals surface area contributed by atoms with Crippen LogP contribution in [-0.2, 0) is 0 Å². The van der Waals surface area contributed by atoms with Gasteiger partial charge in [-0.15, -0.1) is 0 Å². The molecule has 1 unspecified atom stereocenters. The summed E-state index contributed by atoms with van der Waals surface area (Å²) in [4.78, 5) is 0. The van der Waals surface area contributed by atoms with Crippen LogP contribution in [0.5, 0.6) is 0 Å². The summed E-state index contributed by atoms with van der Waals surface area (Å²) >= 11 is 11.8. The Morgan fingerprint density at radius 3 is 2.38 bits per heavy atom. The first-order valence-corrected chi connectivity index (χ1v) is 4.98. The normalized spacial score (nSPS) is 13.4. The smallest absolute Gasteiger partial charge is 0.0454 e. The van der Waals surface area contributed by atoms with E-state index in [-0.39, 0.29) is 6.04 Å². The van der Waals surface area contributed by atoms with Gasteiger partial charge in [-0.1, -0.05) is 37.0 Å². The van der Waals surface area contributed by atoms with Crippen LogP contribution in [0.15, 0.2) is 18.2 Å². The Balaban J connectivity index is 3.05. The van der Waals surface area contributed by atoms with Gasteiger partial charge in [0.25, 0.3) is 0 Å². The first-order valence-electron chi connectivity index (χ1n) is 4.23. The molecule has 3 heteroatoms. The third-order valence-corrected chi connectivity index (χ3v) is 2.61. The third-order valence-electron chi connectivity index (χ3n) is 2.04. The molecule has 0 fully saturated rings. The number of hydrogen-bond donors (Lipinski definition) is 1. The number of hydrogen-bond acceptors (Lipinski definition) is 1. The van der Waals surface area contributed by atoms with Crippen LogP contribution in [0, 0.1) is 5.92 Å². The summed E-state index contributed by atoms with van der Waals surface area (Å²) in [5, 5.41) is 1.36. The standard InChI is InChI=1S/C10H13Cl2N/c1-6(2)10(13)8-5-7(11)3-4-9(8)12/h3-6,10H,13H2,1-2H3. The van der Waals surface area contributed by atoms with Gasteiger partial charge in [-0.25, -0.2) is 0 Å². The predicted octanol–water partition coefficient (Wildman–Crippen LogP) is 3.65. The molecule has 1 aromatic carbocycles. The van der Waals surface area contributed by atoms with Crippen molar-refractivity contribution in [1.29, 1.82) is 0 Å². The van der Waals surface area contributed by atoms with Gasteiger partial charge >= 0.3 is 0 Å². The van der Waals surface area contributed by atoms with Crippen molar-refractivity contribution in [3.63, 3.8) is 0 Å². The Bertz CT molecular complexity index is 297. The van der Waals surface area contributed by atoms with Crippen LogP contribution in [0.1, 0.15) is 25.5 Å². The summed E-state index contributed by atoms with van der Waals surface area (Å²) in [6.07, 6.45) is 0. The molecule has 1 aromatic rings. The highest BCUT2D eigenvalue weighted by molar-refractivity contribution is 6.33. The molecule has 0 heterocycles. The zero-order valence-electron chi connectivity index (χ0n) is 7.72. The molecule has 1 rings (SSSR count). The second-order valence-electron chi connectivity index (χ2n) is 3.44. The van der Waals surface area contributed by atoms with Gasteiger partial charge in [-0.05, 0) is 29.7 Å². The minimum Gasteiger partial charge on any atom is -0.324 e. The van der Waals surface area contributed by atoms with Gasteiger partial charge in [0.15, 0.2) is 0 Å². The maximum absolute atomic E-state index is 6.00. The molecule has 1 nitrogen and oxygen atoms in total. The Hall–Kier alpha value is -0.240. The van der Waals surface area contributed by atoms with E-state index in [1.54, 1.807) is 12.1 Å². The van der Waals surface area contributed by atoms with E-state index >= 15 is 0 Å². The third kappa shape index (κ3) is 2.60. The molecule has 0 aromatic heterocycles. The lowest BCUT2D eigenvalue weighted by atomic mass is 9.97. The average molecular weight is 218 g/mol. The van der Waals surface area contributed by atoms with E-state index < -0.39 is 0 Å². The van der Waals surface area contributed by atoms with E-state index in [2.05, 4.69) is 13.8 Å². The number of rotatable bonds is 2. The Morgan fingerprint density at radius 2 is 1.85 bits per heavy atom. The first kappa shape index (κ1) is 10.8. The Labute approximate surface area is 88.8 Å². The van der Waals surface area contributed by atoms with E-state index in [9.17, 15) is 0 Å². The monoisotopic (exact) mass is 217 g/mol. The van der Waals surface area contributed by atoms with E-state index in [0.717, 1.165) is 5.56 Å². The lowest BCUT2D eigenvalue weighted by Gasteiger charge is -2.17. The molecule has 0 radical (unpaired) electrons. The van der Waals surface area contributed by atoms with Crippen LogP contribution >= 0.6 is 23.2 Å². The van der Waals surface area contributed by atoms with E-state index in [1.165, 1.54) is 0 Å². The molecule has 13 heavy (non-hydrogen) atoms. The first-order chi connectivity index (χ1) is 6.02. The summed E-state index contributed by atoms with van der Waals surface area (Å²) < 4.78 is 0. The van der Waals surface area contributed by atoms with Crippen LogP contribution < -0.4 is 5.73 Å². The van der Waals surface area contributed by atoms with Gasteiger partial charge in [-0.2, -0.15) is 0 Å². The van der Waals surface area contributed by atoms with Gasteiger partial charge in [0, 0.05) is 16.1 Å². The summed E-state index contributed by atoms with van der Waals surface area (Å²) in [6, 6.07) is 5.32. The van der Waals surface area contributed by atoms with Crippen molar-refractivity contribution >= 4 is 23.2 Å². The molecule has 0 saturated carbocycles. The average Bonchev–Trinajstić information content (AvgIpc) is 2.08. The maximum Gasteiger partial charge on any atom is 0.0454 e. The van der Waals surface area contributed by atoms with Crippen molar-refractivity contribution in [2.75, 3.05) is 0 Å². The van der Waals surface area contributed by atoms with Crippen molar-refractivity contribution in [3.05, 3.63) is 33.8 Å². The van der Waals surface area contributed by atoms with Gasteiger partial charge in [0.1, 0.15) is 0 Å². The molecule has 0 bridgehead atoms. The highest BCUT2D eigenvalue weighted by atomic mass is 35.5. The van der Waals surface area contributed by atoms with Crippen molar-refractivity contribution in [1.82, 2.24) is 0 Å². The summed E-state index contributed by atoms with van der Waals surface area (Å²) in [5.74, 6) is 0.357. The zero-order valence-corrected chi connectivity index (χ0v) is 9.23. The Morgan fingerprint density at radius 1 is 1.23 bits per heavy atom. The van der Waals surface area contributed by atoms with Gasteiger partial charge in [0.2, 0.25) is 0 Å².